The van der Waals surface area contributed by atoms with E-state index in [-0.39, 0.29) is 28.1 Å². The minimum Gasteiger partial charge on any atom is -0.481 e. The van der Waals surface area contributed by atoms with Crippen molar-refractivity contribution in [2.24, 2.45) is 39.4 Å². The Morgan fingerprint density at radius 3 is 2.47 bits per heavy atom. The third kappa shape index (κ3) is 3.38. The molecule has 0 saturated heterocycles. The van der Waals surface area contributed by atoms with Gasteiger partial charge in [0.15, 0.2) is 0 Å². The first-order valence-corrected chi connectivity index (χ1v) is 13.1. The van der Waals surface area contributed by atoms with Crippen molar-refractivity contribution >= 4 is 5.97 Å². The molecule has 0 radical (unpaired) electrons. The van der Waals surface area contributed by atoms with Gasteiger partial charge < -0.3 is 5.11 Å². The highest BCUT2D eigenvalue weighted by Crippen LogP contribution is 2.71. The average molecular weight is 439 g/mol. The Kier molecular flexibility index (Phi) is 5.87. The molecular weight excluding hydrogens is 392 g/mol. The topological polar surface area (TPSA) is 37.3 Å². The fourth-order valence-corrected chi connectivity index (χ4v) is 8.83. The predicted octanol–water partition coefficient (Wildman–Crippen LogP) is 8.35. The van der Waals surface area contributed by atoms with Crippen molar-refractivity contribution in [3.63, 3.8) is 0 Å². The summed E-state index contributed by atoms with van der Waals surface area (Å²) in [7, 11) is 0. The molecule has 4 aliphatic carbocycles. The van der Waals surface area contributed by atoms with Gasteiger partial charge in [0.25, 0.3) is 0 Å². The number of carboxylic acids is 1. The smallest absolute Gasteiger partial charge is 0.306 e. The number of hydrogen-bond acceptors (Lipinski definition) is 1. The van der Waals surface area contributed by atoms with Crippen LogP contribution in [0, 0.1) is 39.4 Å². The number of hydrogen-bond donors (Lipinski definition) is 1. The van der Waals surface area contributed by atoms with E-state index < -0.39 is 5.97 Å². The van der Waals surface area contributed by atoms with E-state index in [1.54, 1.807) is 11.1 Å². The van der Waals surface area contributed by atoms with E-state index in [9.17, 15) is 9.90 Å². The fourth-order valence-electron chi connectivity index (χ4n) is 8.83. The molecular formula is C30H46O2. The van der Waals surface area contributed by atoms with Gasteiger partial charge in [-0.05, 0) is 110 Å². The molecule has 32 heavy (non-hydrogen) atoms. The highest BCUT2D eigenvalue weighted by molar-refractivity contribution is 5.71. The molecule has 6 atom stereocenters. The van der Waals surface area contributed by atoms with Gasteiger partial charge in [-0.2, -0.15) is 0 Å². The molecule has 0 aliphatic heterocycles. The van der Waals surface area contributed by atoms with Gasteiger partial charge in [0.1, 0.15) is 0 Å². The van der Waals surface area contributed by atoms with Crippen molar-refractivity contribution < 1.29 is 9.90 Å². The third-order valence-electron chi connectivity index (χ3n) is 10.9. The molecule has 0 aromatic heterocycles. The summed E-state index contributed by atoms with van der Waals surface area (Å²) in [6, 6.07) is 0. The maximum Gasteiger partial charge on any atom is 0.306 e. The van der Waals surface area contributed by atoms with Crippen LogP contribution in [0.3, 0.4) is 0 Å². The first-order chi connectivity index (χ1) is 14.9. The SMILES string of the molecule is CC(C)=CCC[C@@H](C(=O)O)[C@H]1CC[C@@]2(C)C3=CC[C@H]4C(C)(C)CCC[C@]4(C)C3=CC[C@]12C. The van der Waals surface area contributed by atoms with Crippen LogP contribution < -0.4 is 0 Å². The molecule has 0 heterocycles. The van der Waals surface area contributed by atoms with E-state index in [1.807, 2.05) is 0 Å². The molecule has 2 saturated carbocycles. The monoisotopic (exact) mass is 438 g/mol. The van der Waals surface area contributed by atoms with E-state index in [4.69, 9.17) is 0 Å². The molecule has 2 nitrogen and oxygen atoms in total. The summed E-state index contributed by atoms with van der Waals surface area (Å²) in [6.07, 6.45) is 17.4. The molecule has 0 aromatic rings. The first-order valence-electron chi connectivity index (χ1n) is 13.1. The van der Waals surface area contributed by atoms with E-state index in [1.165, 1.54) is 31.3 Å². The fraction of sp³-hybridized carbons (Fsp3) is 0.767. The van der Waals surface area contributed by atoms with E-state index in [0.29, 0.717) is 5.41 Å². The lowest BCUT2D eigenvalue weighted by molar-refractivity contribution is -0.146. The minimum absolute atomic E-state index is 0.0315. The second-order valence-corrected chi connectivity index (χ2v) is 13.2. The summed E-state index contributed by atoms with van der Waals surface area (Å²) in [5.41, 5.74) is 5.33. The number of fused-ring (bicyclic) bond motifs is 5. The molecule has 0 amide bonds. The average Bonchev–Trinajstić information content (AvgIpc) is 2.96. The first kappa shape index (κ1) is 23.8. The molecule has 0 unspecified atom stereocenters. The summed E-state index contributed by atoms with van der Waals surface area (Å²) in [5.74, 6) is 0.145. The number of rotatable bonds is 5. The van der Waals surface area contributed by atoms with Crippen LogP contribution in [0.2, 0.25) is 0 Å². The highest BCUT2D eigenvalue weighted by atomic mass is 16.4. The molecule has 1 N–H and O–H groups in total. The van der Waals surface area contributed by atoms with Gasteiger partial charge in [-0.1, -0.05) is 64.8 Å². The van der Waals surface area contributed by atoms with Crippen LogP contribution in [-0.2, 0) is 4.79 Å². The van der Waals surface area contributed by atoms with Gasteiger partial charge >= 0.3 is 5.97 Å². The lowest BCUT2D eigenvalue weighted by Crippen LogP contribution is -2.51. The Bertz CT molecular complexity index is 869. The Morgan fingerprint density at radius 2 is 1.81 bits per heavy atom. The van der Waals surface area contributed by atoms with Crippen molar-refractivity contribution in [1.82, 2.24) is 0 Å². The number of carboxylic acid groups (broad SMARTS) is 1. The van der Waals surface area contributed by atoms with Gasteiger partial charge in [-0.25, -0.2) is 0 Å². The van der Waals surface area contributed by atoms with Gasteiger partial charge in [0.05, 0.1) is 5.92 Å². The number of carbonyl (C=O) groups is 1. The predicted molar refractivity (Wildman–Crippen MR) is 133 cm³/mol. The highest BCUT2D eigenvalue weighted by Gasteiger charge is 2.63. The summed E-state index contributed by atoms with van der Waals surface area (Å²) in [5, 5.41) is 10.2. The van der Waals surface area contributed by atoms with Crippen LogP contribution >= 0.6 is 0 Å². The van der Waals surface area contributed by atoms with Crippen LogP contribution in [0.5, 0.6) is 0 Å². The molecule has 0 spiro atoms. The molecule has 4 aliphatic rings. The van der Waals surface area contributed by atoms with E-state index in [2.05, 4.69) is 66.7 Å². The Labute approximate surface area is 196 Å². The molecule has 0 bridgehead atoms. The molecule has 4 rings (SSSR count). The standard InChI is InChI=1S/C30H46O2/c1-20(2)10-8-11-21(26(31)32)22-14-18-30(7)24-12-13-25-27(3,4)16-9-17-28(25,5)23(24)15-19-29(22,30)6/h10,12,15,21-22,25H,8-9,11,13-14,16-19H2,1-7H3,(H,31,32)/t21-,22-,25+,28-,29-,30+/m1/s1. The number of aliphatic carboxylic acids is 1. The Balaban J connectivity index is 1.70. The lowest BCUT2D eigenvalue weighted by atomic mass is 9.44. The second-order valence-electron chi connectivity index (χ2n) is 13.2. The van der Waals surface area contributed by atoms with Crippen LogP contribution in [0.15, 0.2) is 34.9 Å². The summed E-state index contributed by atoms with van der Waals surface area (Å²) >= 11 is 0. The van der Waals surface area contributed by atoms with Crippen molar-refractivity contribution in [2.75, 3.05) is 0 Å². The van der Waals surface area contributed by atoms with Gasteiger partial charge in [0.2, 0.25) is 0 Å². The van der Waals surface area contributed by atoms with Crippen LogP contribution in [-0.4, -0.2) is 11.1 Å². The molecule has 2 fully saturated rings. The van der Waals surface area contributed by atoms with Gasteiger partial charge in [-0.3, -0.25) is 4.79 Å². The van der Waals surface area contributed by atoms with Crippen molar-refractivity contribution in [3.8, 4) is 0 Å². The molecule has 2 heteroatoms. The normalized spacial score (nSPS) is 40.8. The largest absolute Gasteiger partial charge is 0.481 e. The van der Waals surface area contributed by atoms with Gasteiger partial charge in [-0.15, -0.1) is 0 Å². The van der Waals surface area contributed by atoms with Crippen LogP contribution in [0.1, 0.15) is 106 Å². The minimum atomic E-state index is -0.587. The summed E-state index contributed by atoms with van der Waals surface area (Å²) in [6.45, 7) is 16.6. The van der Waals surface area contributed by atoms with Crippen molar-refractivity contribution in [1.29, 1.82) is 0 Å². The van der Waals surface area contributed by atoms with Crippen LogP contribution in [0.4, 0.5) is 0 Å². The maximum absolute atomic E-state index is 12.4. The Morgan fingerprint density at radius 1 is 1.09 bits per heavy atom. The third-order valence-corrected chi connectivity index (χ3v) is 10.9. The quantitative estimate of drug-likeness (QED) is 0.438. The zero-order chi connectivity index (χ0) is 23.5. The van der Waals surface area contributed by atoms with Crippen molar-refractivity contribution in [3.05, 3.63) is 34.9 Å². The lowest BCUT2D eigenvalue weighted by Gasteiger charge is -2.60. The maximum atomic E-state index is 12.4. The number of allylic oxidation sites excluding steroid dienone is 6. The van der Waals surface area contributed by atoms with Crippen LogP contribution in [0.25, 0.3) is 0 Å². The van der Waals surface area contributed by atoms with E-state index >= 15 is 0 Å². The van der Waals surface area contributed by atoms with Gasteiger partial charge in [0, 0.05) is 0 Å². The molecule has 178 valence electrons. The van der Waals surface area contributed by atoms with E-state index in [0.717, 1.165) is 38.0 Å². The zero-order valence-electron chi connectivity index (χ0n) is 21.7. The summed E-state index contributed by atoms with van der Waals surface area (Å²) < 4.78 is 0. The van der Waals surface area contributed by atoms with Crippen molar-refractivity contribution in [2.45, 2.75) is 106 Å². The zero-order valence-corrected chi connectivity index (χ0v) is 21.7. The summed E-state index contributed by atoms with van der Waals surface area (Å²) in [4.78, 5) is 12.4. The second kappa shape index (κ2) is 7.88. The Hall–Kier alpha value is -1.31. The molecule has 0 aromatic carbocycles.